The van der Waals surface area contributed by atoms with Crippen LogP contribution in [0.15, 0.2) is 24.3 Å². The van der Waals surface area contributed by atoms with Crippen molar-refractivity contribution in [3.05, 3.63) is 34.9 Å². The lowest BCUT2D eigenvalue weighted by atomic mass is 9.92. The Hall–Kier alpha value is -0.690. The highest BCUT2D eigenvalue weighted by molar-refractivity contribution is 6.31. The Bertz CT molecular complexity index is 439. The molecular weight excluding hydrogens is 284 g/mol. The summed E-state index contributed by atoms with van der Waals surface area (Å²) in [5.41, 5.74) is 0.922. The molecule has 4 N–H and O–H groups in total. The van der Waals surface area contributed by atoms with Crippen molar-refractivity contribution in [2.24, 2.45) is 0 Å². The smallest absolute Gasteiger partial charge is 0.111 e. The molecule has 112 valence electrons. The van der Waals surface area contributed by atoms with Crippen LogP contribution >= 0.6 is 11.6 Å². The van der Waals surface area contributed by atoms with E-state index in [1.165, 1.54) is 0 Å². The lowest BCUT2D eigenvalue weighted by Crippen LogP contribution is -2.58. The molecule has 1 fully saturated rings. The first kappa shape index (κ1) is 15.7. The predicted octanol–water partition coefficient (Wildman–Crippen LogP) is 0.115. The van der Waals surface area contributed by atoms with E-state index in [2.05, 4.69) is 0 Å². The van der Waals surface area contributed by atoms with E-state index in [-0.39, 0.29) is 0 Å². The first-order valence-corrected chi connectivity index (χ1v) is 6.96. The predicted molar refractivity (Wildman–Crippen MR) is 73.5 cm³/mol. The summed E-state index contributed by atoms with van der Waals surface area (Å²) in [4.78, 5) is 0. The first-order chi connectivity index (χ1) is 9.54. The Balaban J connectivity index is 2.00. The van der Waals surface area contributed by atoms with Crippen molar-refractivity contribution in [1.82, 2.24) is 0 Å². The topological polar surface area (TPSA) is 90.2 Å². The third-order valence-corrected chi connectivity index (χ3v) is 4.02. The van der Waals surface area contributed by atoms with E-state index >= 15 is 0 Å². The van der Waals surface area contributed by atoms with Crippen molar-refractivity contribution in [2.45, 2.75) is 43.4 Å². The van der Waals surface area contributed by atoms with Crippen LogP contribution in [0.3, 0.4) is 0 Å². The molecule has 1 unspecified atom stereocenters. The maximum atomic E-state index is 9.92. The van der Waals surface area contributed by atoms with Crippen LogP contribution in [0, 0.1) is 0 Å². The van der Waals surface area contributed by atoms with Gasteiger partial charge in [0.05, 0.1) is 12.7 Å². The van der Waals surface area contributed by atoms with E-state index in [1.54, 1.807) is 6.07 Å². The lowest BCUT2D eigenvalue weighted by Gasteiger charge is -2.40. The summed E-state index contributed by atoms with van der Waals surface area (Å²) in [5.74, 6) is 0. The van der Waals surface area contributed by atoms with Gasteiger partial charge in [0, 0.05) is 5.02 Å². The SMILES string of the molecule is OC[C@H]1OC(CCc2ccccc2Cl)[C@H](O)[C@@H](O)[C@@H]1O. The van der Waals surface area contributed by atoms with E-state index in [9.17, 15) is 15.3 Å². The largest absolute Gasteiger partial charge is 0.394 e. The molecule has 1 aliphatic rings. The molecule has 1 aromatic rings. The van der Waals surface area contributed by atoms with Crippen molar-refractivity contribution >= 4 is 11.6 Å². The molecule has 1 heterocycles. The number of benzene rings is 1. The average Bonchev–Trinajstić information content (AvgIpc) is 2.46. The molecule has 0 saturated carbocycles. The number of hydrogen-bond acceptors (Lipinski definition) is 5. The molecule has 1 saturated heterocycles. The molecule has 1 aliphatic heterocycles. The first-order valence-electron chi connectivity index (χ1n) is 6.58. The van der Waals surface area contributed by atoms with Gasteiger partial charge < -0.3 is 25.2 Å². The minimum absolute atomic E-state index is 0.409. The normalized spacial score (nSPS) is 34.1. The summed E-state index contributed by atoms with van der Waals surface area (Å²) in [5, 5.41) is 39.1. The number of rotatable bonds is 4. The van der Waals surface area contributed by atoms with Crippen LogP contribution in [0.4, 0.5) is 0 Å². The number of ether oxygens (including phenoxy) is 1. The molecule has 0 radical (unpaired) electrons. The Labute approximate surface area is 122 Å². The average molecular weight is 303 g/mol. The van der Waals surface area contributed by atoms with Gasteiger partial charge in [-0.2, -0.15) is 0 Å². The zero-order valence-corrected chi connectivity index (χ0v) is 11.6. The molecule has 0 spiro atoms. The minimum Gasteiger partial charge on any atom is -0.394 e. The maximum Gasteiger partial charge on any atom is 0.111 e. The van der Waals surface area contributed by atoms with Gasteiger partial charge in [0.1, 0.15) is 24.4 Å². The maximum absolute atomic E-state index is 9.92. The highest BCUT2D eigenvalue weighted by Gasteiger charge is 2.42. The zero-order chi connectivity index (χ0) is 14.7. The summed E-state index contributed by atoms with van der Waals surface area (Å²) < 4.78 is 5.44. The van der Waals surface area contributed by atoms with Gasteiger partial charge in [-0.15, -0.1) is 0 Å². The molecule has 6 heteroatoms. The summed E-state index contributed by atoms with van der Waals surface area (Å²) in [7, 11) is 0. The van der Waals surface area contributed by atoms with Gasteiger partial charge in [-0.1, -0.05) is 29.8 Å². The van der Waals surface area contributed by atoms with Crippen LogP contribution in [0.1, 0.15) is 12.0 Å². The Kier molecular flexibility index (Phi) is 5.37. The fourth-order valence-corrected chi connectivity index (χ4v) is 2.65. The van der Waals surface area contributed by atoms with Crippen LogP contribution in [0.5, 0.6) is 0 Å². The highest BCUT2D eigenvalue weighted by atomic mass is 35.5. The minimum atomic E-state index is -1.32. The standard InChI is InChI=1S/C14H19ClO5/c15-9-4-2-1-3-8(9)5-6-10-12(17)14(19)13(18)11(7-16)20-10/h1-4,10-14,16-19H,5-7H2/t10?,11-,12+,13-,14-/m1/s1. The van der Waals surface area contributed by atoms with E-state index in [1.807, 2.05) is 18.2 Å². The van der Waals surface area contributed by atoms with E-state index < -0.39 is 37.1 Å². The Morgan fingerprint density at radius 1 is 1.00 bits per heavy atom. The third-order valence-electron chi connectivity index (χ3n) is 3.65. The van der Waals surface area contributed by atoms with Gasteiger partial charge in [-0.05, 0) is 24.5 Å². The van der Waals surface area contributed by atoms with Gasteiger partial charge in [-0.3, -0.25) is 0 Å². The van der Waals surface area contributed by atoms with E-state index in [0.717, 1.165) is 5.56 Å². The second-order valence-corrected chi connectivity index (χ2v) is 5.40. The Morgan fingerprint density at radius 3 is 2.30 bits per heavy atom. The van der Waals surface area contributed by atoms with Crippen LogP contribution in [-0.2, 0) is 11.2 Å². The number of hydrogen-bond donors (Lipinski definition) is 4. The summed E-state index contributed by atoms with van der Waals surface area (Å²) >= 11 is 6.05. The zero-order valence-electron chi connectivity index (χ0n) is 10.9. The van der Waals surface area contributed by atoms with Gasteiger partial charge in [0.15, 0.2) is 0 Å². The molecule has 5 nitrogen and oxygen atoms in total. The molecule has 5 atom stereocenters. The number of halogens is 1. The number of aryl methyl sites for hydroxylation is 1. The second kappa shape index (κ2) is 6.85. The van der Waals surface area contributed by atoms with Gasteiger partial charge in [0.25, 0.3) is 0 Å². The molecule has 20 heavy (non-hydrogen) atoms. The van der Waals surface area contributed by atoms with E-state index in [4.69, 9.17) is 21.4 Å². The van der Waals surface area contributed by atoms with Crippen molar-refractivity contribution in [1.29, 1.82) is 0 Å². The molecule has 0 aliphatic carbocycles. The third kappa shape index (κ3) is 3.31. The molecule has 1 aromatic carbocycles. The number of aliphatic hydroxyl groups excluding tert-OH is 4. The molecule has 0 aromatic heterocycles. The van der Waals surface area contributed by atoms with Crippen molar-refractivity contribution in [2.75, 3.05) is 6.61 Å². The van der Waals surface area contributed by atoms with Gasteiger partial charge >= 0.3 is 0 Å². The van der Waals surface area contributed by atoms with Crippen molar-refractivity contribution in [3.8, 4) is 0 Å². The molecular formula is C14H19ClO5. The van der Waals surface area contributed by atoms with E-state index in [0.29, 0.717) is 17.9 Å². The van der Waals surface area contributed by atoms with Crippen molar-refractivity contribution in [3.63, 3.8) is 0 Å². The monoisotopic (exact) mass is 302 g/mol. The van der Waals surface area contributed by atoms with Crippen molar-refractivity contribution < 1.29 is 25.2 Å². The summed E-state index contributed by atoms with van der Waals surface area (Å²) in [6.07, 6.45) is -4.32. The fraction of sp³-hybridized carbons (Fsp3) is 0.571. The highest BCUT2D eigenvalue weighted by Crippen LogP contribution is 2.25. The Morgan fingerprint density at radius 2 is 1.65 bits per heavy atom. The summed E-state index contributed by atoms with van der Waals surface area (Å²) in [6.45, 7) is -0.409. The van der Waals surface area contributed by atoms with Gasteiger partial charge in [0.2, 0.25) is 0 Å². The quantitative estimate of drug-likeness (QED) is 0.634. The molecule has 2 rings (SSSR count). The summed E-state index contributed by atoms with van der Waals surface area (Å²) in [6, 6.07) is 7.37. The van der Waals surface area contributed by atoms with Gasteiger partial charge in [-0.25, -0.2) is 0 Å². The van der Waals surface area contributed by atoms with Crippen LogP contribution in [0.2, 0.25) is 5.02 Å². The number of aliphatic hydroxyl groups is 4. The molecule has 0 bridgehead atoms. The second-order valence-electron chi connectivity index (χ2n) is 5.00. The van der Waals surface area contributed by atoms with Crippen LogP contribution in [0.25, 0.3) is 0 Å². The van der Waals surface area contributed by atoms with Crippen LogP contribution in [-0.4, -0.2) is 57.6 Å². The molecule has 0 amide bonds. The lowest BCUT2D eigenvalue weighted by molar-refractivity contribution is -0.230. The van der Waals surface area contributed by atoms with Crippen LogP contribution < -0.4 is 0 Å². The fourth-order valence-electron chi connectivity index (χ4n) is 2.42.